The summed E-state index contributed by atoms with van der Waals surface area (Å²) in [5, 5.41) is 4.51. The summed E-state index contributed by atoms with van der Waals surface area (Å²) in [6.45, 7) is 3.85. The predicted octanol–water partition coefficient (Wildman–Crippen LogP) is 3.83. The molecule has 1 amide bonds. The molecule has 2 aliphatic rings. The molecule has 1 aliphatic carbocycles. The molecule has 8 heteroatoms. The Labute approximate surface area is 211 Å². The van der Waals surface area contributed by atoms with Crippen molar-refractivity contribution in [1.29, 1.82) is 0 Å². The van der Waals surface area contributed by atoms with Crippen LogP contribution in [0.25, 0.3) is 11.1 Å². The molecule has 3 aromatic rings. The lowest BCUT2D eigenvalue weighted by atomic mass is 9.97. The van der Waals surface area contributed by atoms with Crippen LogP contribution in [0.4, 0.5) is 0 Å². The van der Waals surface area contributed by atoms with E-state index in [0.29, 0.717) is 53.7 Å². The minimum absolute atomic E-state index is 0.0113. The van der Waals surface area contributed by atoms with E-state index in [0.717, 1.165) is 49.2 Å². The van der Waals surface area contributed by atoms with Crippen molar-refractivity contribution in [3.8, 4) is 22.6 Å². The van der Waals surface area contributed by atoms with Gasteiger partial charge in [-0.3, -0.25) is 14.3 Å². The van der Waals surface area contributed by atoms with Crippen LogP contribution in [0, 0.1) is 5.92 Å². The van der Waals surface area contributed by atoms with Gasteiger partial charge >= 0.3 is 0 Å². The van der Waals surface area contributed by atoms with Crippen LogP contribution in [-0.4, -0.2) is 45.9 Å². The number of hydrogen-bond acceptors (Lipinski definition) is 5. The fraction of sp³-hybridized carbons (Fsp3) is 0.464. The van der Waals surface area contributed by atoms with Crippen LogP contribution in [0.5, 0.6) is 11.5 Å². The minimum atomic E-state index is -0.0292. The number of pyridine rings is 1. The number of aromatic nitrogens is 3. The second kappa shape index (κ2) is 9.84. The molecule has 0 spiro atoms. The highest BCUT2D eigenvalue weighted by Crippen LogP contribution is 2.38. The van der Waals surface area contributed by atoms with Gasteiger partial charge in [0.25, 0.3) is 11.5 Å². The molecule has 8 nitrogen and oxygen atoms in total. The van der Waals surface area contributed by atoms with Crippen LogP contribution in [0.3, 0.4) is 0 Å². The molecule has 1 aliphatic heterocycles. The zero-order valence-electron chi connectivity index (χ0n) is 21.5. The Balaban J connectivity index is 1.56. The van der Waals surface area contributed by atoms with E-state index in [2.05, 4.69) is 12.0 Å². The van der Waals surface area contributed by atoms with Crippen molar-refractivity contribution in [3.05, 3.63) is 63.3 Å². The molecule has 1 saturated carbocycles. The van der Waals surface area contributed by atoms with Crippen LogP contribution < -0.4 is 15.0 Å². The molecule has 0 atom stereocenters. The van der Waals surface area contributed by atoms with Crippen molar-refractivity contribution in [3.63, 3.8) is 0 Å². The number of carbonyl (C=O) groups is 1. The number of hydrogen-bond donors (Lipinski definition) is 0. The zero-order valence-corrected chi connectivity index (χ0v) is 21.5. The number of para-hydroxylation sites is 1. The van der Waals surface area contributed by atoms with Gasteiger partial charge in [-0.05, 0) is 48.9 Å². The first-order chi connectivity index (χ1) is 17.4. The van der Waals surface area contributed by atoms with Gasteiger partial charge < -0.3 is 18.9 Å². The average Bonchev–Trinajstić information content (AvgIpc) is 3.64. The van der Waals surface area contributed by atoms with E-state index < -0.39 is 0 Å². The molecule has 0 N–H and O–H groups in total. The second-order valence-corrected chi connectivity index (χ2v) is 9.80. The predicted molar refractivity (Wildman–Crippen MR) is 138 cm³/mol. The van der Waals surface area contributed by atoms with E-state index in [1.165, 1.54) is 0 Å². The largest absolute Gasteiger partial charge is 0.493 e. The number of amides is 1. The molecule has 1 fully saturated rings. The van der Waals surface area contributed by atoms with Gasteiger partial charge in [-0.1, -0.05) is 25.5 Å². The lowest BCUT2D eigenvalue weighted by Gasteiger charge is -2.31. The molecule has 0 saturated heterocycles. The molecule has 0 unspecified atom stereocenters. The Morgan fingerprint density at radius 2 is 1.94 bits per heavy atom. The van der Waals surface area contributed by atoms with Crippen molar-refractivity contribution in [1.82, 2.24) is 19.2 Å². The van der Waals surface area contributed by atoms with Gasteiger partial charge in [0.1, 0.15) is 5.69 Å². The summed E-state index contributed by atoms with van der Waals surface area (Å²) in [4.78, 5) is 29.1. The van der Waals surface area contributed by atoms with E-state index in [1.54, 1.807) is 18.9 Å². The molecule has 190 valence electrons. The monoisotopic (exact) mass is 490 g/mol. The number of nitrogens with zero attached hydrogens (tertiary/aromatic N) is 4. The lowest BCUT2D eigenvalue weighted by Crippen LogP contribution is -2.40. The molecule has 36 heavy (non-hydrogen) atoms. The smallest absolute Gasteiger partial charge is 0.272 e. The summed E-state index contributed by atoms with van der Waals surface area (Å²) in [5.41, 5.74) is 4.85. The topological polar surface area (TPSA) is 78.6 Å². The van der Waals surface area contributed by atoms with Crippen LogP contribution >= 0.6 is 0 Å². The van der Waals surface area contributed by atoms with Crippen molar-refractivity contribution in [2.45, 2.75) is 52.1 Å². The van der Waals surface area contributed by atoms with Crippen LogP contribution in [0.1, 0.15) is 53.6 Å². The molecular weight excluding hydrogens is 456 g/mol. The zero-order chi connectivity index (χ0) is 25.4. The number of rotatable bonds is 8. The SMILES string of the molecule is CCCc1cc(C(=O)N2CCc3c(cc(-c4cccc(OC)c4OC)c(=O)n3CC3CC3)C2)n(C)n1. The number of aryl methyl sites for hydroxylation is 2. The van der Waals surface area contributed by atoms with Crippen molar-refractivity contribution < 1.29 is 14.3 Å². The summed E-state index contributed by atoms with van der Waals surface area (Å²) in [7, 11) is 5.00. The highest BCUT2D eigenvalue weighted by Gasteiger charge is 2.30. The average molecular weight is 491 g/mol. The first-order valence-corrected chi connectivity index (χ1v) is 12.7. The van der Waals surface area contributed by atoms with Crippen molar-refractivity contribution in [2.24, 2.45) is 13.0 Å². The fourth-order valence-corrected chi connectivity index (χ4v) is 5.20. The molecule has 0 bridgehead atoms. The number of carbonyl (C=O) groups excluding carboxylic acids is 1. The normalized spacial score (nSPS) is 15.1. The molecule has 1 aromatic carbocycles. The molecule has 2 aromatic heterocycles. The van der Waals surface area contributed by atoms with E-state index >= 15 is 0 Å². The second-order valence-electron chi connectivity index (χ2n) is 9.80. The number of ether oxygens (including phenoxy) is 2. The maximum Gasteiger partial charge on any atom is 0.272 e. The fourth-order valence-electron chi connectivity index (χ4n) is 5.20. The van der Waals surface area contributed by atoms with E-state index in [9.17, 15) is 9.59 Å². The standard InChI is InChI=1S/C28H34N4O4/c1-5-7-20-15-24(30(2)29-20)28(34)31-13-12-23-19(17-31)14-22(27(33)32(23)16-18-10-11-18)21-8-6-9-25(35-3)26(21)36-4/h6,8-9,14-15,18H,5,7,10-13,16-17H2,1-4H3. The van der Waals surface area contributed by atoms with E-state index in [-0.39, 0.29) is 11.5 Å². The molecule has 5 rings (SSSR count). The first kappa shape index (κ1) is 24.2. The van der Waals surface area contributed by atoms with Crippen LogP contribution in [0.15, 0.2) is 35.1 Å². The van der Waals surface area contributed by atoms with Gasteiger partial charge in [-0.2, -0.15) is 5.10 Å². The lowest BCUT2D eigenvalue weighted by molar-refractivity contribution is 0.0720. The third kappa shape index (κ3) is 4.40. The van der Waals surface area contributed by atoms with E-state index in [4.69, 9.17) is 9.47 Å². The summed E-state index contributed by atoms with van der Waals surface area (Å²) < 4.78 is 14.8. The Morgan fingerprint density at radius 1 is 1.14 bits per heavy atom. The van der Waals surface area contributed by atoms with E-state index in [1.807, 2.05) is 46.8 Å². The highest BCUT2D eigenvalue weighted by molar-refractivity contribution is 5.93. The summed E-state index contributed by atoms with van der Waals surface area (Å²) in [6, 6.07) is 9.44. The Morgan fingerprint density at radius 3 is 2.64 bits per heavy atom. The minimum Gasteiger partial charge on any atom is -0.493 e. The number of methoxy groups -OCH3 is 2. The quantitative estimate of drug-likeness (QED) is 0.480. The Hall–Kier alpha value is -3.55. The summed E-state index contributed by atoms with van der Waals surface area (Å²) >= 11 is 0. The van der Waals surface area contributed by atoms with Crippen molar-refractivity contribution in [2.75, 3.05) is 20.8 Å². The van der Waals surface area contributed by atoms with Gasteiger partial charge in [0.05, 0.1) is 25.5 Å². The van der Waals surface area contributed by atoms with Gasteiger partial charge in [0.2, 0.25) is 0 Å². The molecular formula is C28H34N4O4. The summed E-state index contributed by atoms with van der Waals surface area (Å²) in [5.74, 6) is 1.63. The number of benzene rings is 1. The maximum absolute atomic E-state index is 13.8. The van der Waals surface area contributed by atoms with Crippen LogP contribution in [0.2, 0.25) is 0 Å². The Kier molecular flexibility index (Phi) is 6.60. The highest BCUT2D eigenvalue weighted by atomic mass is 16.5. The van der Waals surface area contributed by atoms with Gasteiger partial charge in [-0.15, -0.1) is 0 Å². The first-order valence-electron chi connectivity index (χ1n) is 12.7. The van der Waals surface area contributed by atoms with Crippen LogP contribution in [-0.2, 0) is 33.0 Å². The number of fused-ring (bicyclic) bond motifs is 1. The van der Waals surface area contributed by atoms with Gasteiger partial charge in [-0.25, -0.2) is 0 Å². The van der Waals surface area contributed by atoms with Gasteiger partial charge in [0, 0.05) is 44.4 Å². The third-order valence-electron chi connectivity index (χ3n) is 7.24. The maximum atomic E-state index is 13.8. The Bertz CT molecular complexity index is 1350. The molecule has 0 radical (unpaired) electrons. The third-order valence-corrected chi connectivity index (χ3v) is 7.24. The summed E-state index contributed by atoms with van der Waals surface area (Å²) in [6.07, 6.45) is 4.79. The van der Waals surface area contributed by atoms with Crippen molar-refractivity contribution >= 4 is 5.91 Å². The van der Waals surface area contributed by atoms with Gasteiger partial charge in [0.15, 0.2) is 11.5 Å². The molecule has 3 heterocycles.